The molecule has 6 heteroatoms. The first-order valence-electron chi connectivity index (χ1n) is 7.47. The fourth-order valence-corrected chi connectivity index (χ4v) is 2.65. The van der Waals surface area contributed by atoms with Crippen LogP contribution in [0, 0.1) is 0 Å². The summed E-state index contributed by atoms with van der Waals surface area (Å²) in [6.45, 7) is 3.30. The molecule has 0 bridgehead atoms. The number of hydrogen-bond donors (Lipinski definition) is 2. The van der Waals surface area contributed by atoms with Gasteiger partial charge >= 0.3 is 0 Å². The smallest absolute Gasteiger partial charge is 0.257 e. The molecule has 0 saturated carbocycles. The van der Waals surface area contributed by atoms with Gasteiger partial charge in [0.05, 0.1) is 24.6 Å². The lowest BCUT2D eigenvalue weighted by atomic mass is 10.1. The first-order chi connectivity index (χ1) is 10.8. The largest absolute Gasteiger partial charge is 0.497 e. The molecule has 0 atom stereocenters. The topological polar surface area (TPSA) is 70.2 Å². The predicted molar refractivity (Wildman–Crippen MR) is 84.0 cm³/mol. The van der Waals surface area contributed by atoms with Crippen molar-refractivity contribution in [2.24, 2.45) is 0 Å². The van der Waals surface area contributed by atoms with Gasteiger partial charge in [-0.2, -0.15) is 5.10 Å². The van der Waals surface area contributed by atoms with E-state index in [2.05, 4.69) is 15.5 Å². The summed E-state index contributed by atoms with van der Waals surface area (Å²) in [6, 6.07) is 7.60. The molecular weight excluding hydrogens is 280 g/mol. The zero-order chi connectivity index (χ0) is 15.4. The summed E-state index contributed by atoms with van der Waals surface area (Å²) < 4.78 is 5.17. The van der Waals surface area contributed by atoms with Crippen molar-refractivity contribution < 1.29 is 9.53 Å². The van der Waals surface area contributed by atoms with E-state index in [4.69, 9.17) is 4.74 Å². The van der Waals surface area contributed by atoms with Crippen LogP contribution in [0.15, 0.2) is 30.5 Å². The minimum Gasteiger partial charge on any atom is -0.497 e. The Labute approximate surface area is 129 Å². The molecule has 1 aliphatic heterocycles. The molecule has 116 valence electrons. The third kappa shape index (κ3) is 2.96. The van der Waals surface area contributed by atoms with E-state index in [1.165, 1.54) is 0 Å². The van der Waals surface area contributed by atoms with Crippen LogP contribution in [0.3, 0.4) is 0 Å². The number of carbonyl (C=O) groups is 1. The Hall–Kier alpha value is -2.34. The second-order valence-corrected chi connectivity index (χ2v) is 5.28. The molecule has 2 heterocycles. The number of H-pyrrole nitrogens is 1. The van der Waals surface area contributed by atoms with Crippen molar-refractivity contribution in [3.05, 3.63) is 36.0 Å². The molecule has 0 spiro atoms. The third-order valence-corrected chi connectivity index (χ3v) is 3.88. The lowest BCUT2D eigenvalue weighted by molar-refractivity contribution is 0.0767. The maximum absolute atomic E-state index is 12.7. The maximum atomic E-state index is 12.7. The van der Waals surface area contributed by atoms with Crippen LogP contribution in [-0.2, 0) is 0 Å². The number of rotatable bonds is 3. The highest BCUT2D eigenvalue weighted by Gasteiger charge is 2.22. The van der Waals surface area contributed by atoms with E-state index in [-0.39, 0.29) is 5.91 Å². The van der Waals surface area contributed by atoms with Gasteiger partial charge in [0.1, 0.15) is 5.75 Å². The third-order valence-electron chi connectivity index (χ3n) is 3.88. The van der Waals surface area contributed by atoms with Gasteiger partial charge in [-0.25, -0.2) is 0 Å². The first-order valence-corrected chi connectivity index (χ1v) is 7.47. The Bertz CT molecular complexity index is 628. The molecule has 0 radical (unpaired) electrons. The number of benzene rings is 1. The van der Waals surface area contributed by atoms with Crippen LogP contribution in [0.25, 0.3) is 11.3 Å². The van der Waals surface area contributed by atoms with Crippen LogP contribution in [0.5, 0.6) is 5.75 Å². The highest BCUT2D eigenvalue weighted by Crippen LogP contribution is 2.24. The molecule has 2 N–H and O–H groups in total. The van der Waals surface area contributed by atoms with Gasteiger partial charge < -0.3 is 15.0 Å². The molecular formula is C16H20N4O2. The van der Waals surface area contributed by atoms with E-state index in [9.17, 15) is 4.79 Å². The highest BCUT2D eigenvalue weighted by atomic mass is 16.5. The Balaban J connectivity index is 1.85. The van der Waals surface area contributed by atoms with Crippen LogP contribution in [0.2, 0.25) is 0 Å². The van der Waals surface area contributed by atoms with E-state index in [0.29, 0.717) is 5.56 Å². The van der Waals surface area contributed by atoms with E-state index in [1.54, 1.807) is 13.3 Å². The van der Waals surface area contributed by atoms with Crippen LogP contribution in [0.4, 0.5) is 0 Å². The van der Waals surface area contributed by atoms with Crippen molar-refractivity contribution in [2.75, 3.05) is 33.3 Å². The molecule has 0 aliphatic carbocycles. The van der Waals surface area contributed by atoms with E-state index >= 15 is 0 Å². The number of ether oxygens (including phenoxy) is 1. The molecule has 1 aromatic heterocycles. The number of aromatic nitrogens is 2. The van der Waals surface area contributed by atoms with Crippen molar-refractivity contribution in [1.29, 1.82) is 0 Å². The molecule has 1 aromatic carbocycles. The average Bonchev–Trinajstić information content (AvgIpc) is 2.89. The standard InChI is InChI=1S/C16H20N4O2/c1-22-13-5-3-12(4-6-13)15-14(11-18-19-15)16(21)20-9-2-7-17-8-10-20/h3-6,11,17H,2,7-10H2,1H3,(H,18,19). The molecule has 0 unspecified atom stereocenters. The van der Waals surface area contributed by atoms with Gasteiger partial charge in [0.15, 0.2) is 0 Å². The van der Waals surface area contributed by atoms with Crippen LogP contribution in [0.1, 0.15) is 16.8 Å². The second-order valence-electron chi connectivity index (χ2n) is 5.28. The molecule has 1 fully saturated rings. The van der Waals surface area contributed by atoms with Crippen LogP contribution in [-0.4, -0.2) is 54.3 Å². The molecule has 2 aromatic rings. The lowest BCUT2D eigenvalue weighted by Gasteiger charge is -2.19. The minimum absolute atomic E-state index is 0.0308. The molecule has 6 nitrogen and oxygen atoms in total. The summed E-state index contributed by atoms with van der Waals surface area (Å²) in [5.74, 6) is 0.818. The zero-order valence-electron chi connectivity index (χ0n) is 12.6. The fraction of sp³-hybridized carbons (Fsp3) is 0.375. The minimum atomic E-state index is 0.0308. The van der Waals surface area contributed by atoms with Crippen LogP contribution >= 0.6 is 0 Å². The van der Waals surface area contributed by atoms with Crippen molar-refractivity contribution in [3.8, 4) is 17.0 Å². The maximum Gasteiger partial charge on any atom is 0.257 e. The van der Waals surface area contributed by atoms with Gasteiger partial charge in [-0.15, -0.1) is 0 Å². The van der Waals surface area contributed by atoms with E-state index in [0.717, 1.165) is 49.6 Å². The summed E-state index contributed by atoms with van der Waals surface area (Å²) in [5, 5.41) is 10.3. The first kappa shape index (κ1) is 14.6. The normalized spacial score (nSPS) is 15.4. The number of hydrogen-bond acceptors (Lipinski definition) is 4. The van der Waals surface area contributed by atoms with Gasteiger partial charge in [0.2, 0.25) is 0 Å². The van der Waals surface area contributed by atoms with Gasteiger partial charge in [-0.1, -0.05) is 0 Å². The summed E-state index contributed by atoms with van der Waals surface area (Å²) in [4.78, 5) is 14.6. The van der Waals surface area contributed by atoms with E-state index in [1.807, 2.05) is 29.2 Å². The van der Waals surface area contributed by atoms with E-state index < -0.39 is 0 Å². The monoisotopic (exact) mass is 300 g/mol. The fourth-order valence-electron chi connectivity index (χ4n) is 2.65. The number of nitrogens with one attached hydrogen (secondary N) is 2. The molecule has 1 saturated heterocycles. The SMILES string of the molecule is COc1ccc(-c2[nH]ncc2C(=O)N2CCCNCC2)cc1. The van der Waals surface area contributed by atoms with Crippen LogP contribution < -0.4 is 10.1 Å². The summed E-state index contributed by atoms with van der Waals surface area (Å²) in [5.41, 5.74) is 2.30. The van der Waals surface area contributed by atoms with Gasteiger partial charge in [-0.05, 0) is 37.2 Å². The summed E-state index contributed by atoms with van der Waals surface area (Å²) in [7, 11) is 1.63. The second kappa shape index (κ2) is 6.62. The number of nitrogens with zero attached hydrogens (tertiary/aromatic N) is 2. The molecule has 1 amide bonds. The number of methoxy groups -OCH3 is 1. The number of aromatic amines is 1. The lowest BCUT2D eigenvalue weighted by Crippen LogP contribution is -2.34. The van der Waals surface area contributed by atoms with Gasteiger partial charge in [0.25, 0.3) is 5.91 Å². The average molecular weight is 300 g/mol. The zero-order valence-corrected chi connectivity index (χ0v) is 12.6. The Morgan fingerprint density at radius 3 is 2.82 bits per heavy atom. The Kier molecular flexibility index (Phi) is 4.39. The van der Waals surface area contributed by atoms with Gasteiger partial charge in [-0.3, -0.25) is 9.89 Å². The van der Waals surface area contributed by atoms with Gasteiger partial charge in [0, 0.05) is 25.2 Å². The van der Waals surface area contributed by atoms with Crippen molar-refractivity contribution in [2.45, 2.75) is 6.42 Å². The molecule has 1 aliphatic rings. The van der Waals surface area contributed by atoms with Crippen molar-refractivity contribution in [3.63, 3.8) is 0 Å². The summed E-state index contributed by atoms with van der Waals surface area (Å²) in [6.07, 6.45) is 2.58. The quantitative estimate of drug-likeness (QED) is 0.901. The predicted octanol–water partition coefficient (Wildman–Crippen LogP) is 1.52. The number of carbonyl (C=O) groups excluding carboxylic acids is 1. The van der Waals surface area contributed by atoms with Crippen molar-refractivity contribution in [1.82, 2.24) is 20.4 Å². The Morgan fingerprint density at radius 1 is 1.23 bits per heavy atom. The number of amides is 1. The van der Waals surface area contributed by atoms with Crippen molar-refractivity contribution >= 4 is 5.91 Å². The molecule has 22 heavy (non-hydrogen) atoms. The summed E-state index contributed by atoms with van der Waals surface area (Å²) >= 11 is 0. The molecule has 3 rings (SSSR count). The Morgan fingerprint density at radius 2 is 2.05 bits per heavy atom. The highest BCUT2D eigenvalue weighted by molar-refractivity contribution is 5.99.